The van der Waals surface area contributed by atoms with E-state index >= 15 is 0 Å². The normalized spacial score (nSPS) is 41.8. The molecule has 6 heteroatoms. The molecular weight excluding hydrogens is 253 g/mol. The summed E-state index contributed by atoms with van der Waals surface area (Å²) >= 11 is -3.19. The first kappa shape index (κ1) is 13.3. The highest BCUT2D eigenvalue weighted by Crippen LogP contribution is 2.66. The summed E-state index contributed by atoms with van der Waals surface area (Å²) in [5.74, 6) is 0.378. The fraction of sp³-hybridized carbons (Fsp3) is 1.00. The van der Waals surface area contributed by atoms with E-state index in [-0.39, 0.29) is 10.8 Å². The van der Waals surface area contributed by atoms with E-state index in [4.69, 9.17) is 4.18 Å². The van der Waals surface area contributed by atoms with Gasteiger partial charge in [-0.1, -0.05) is 20.8 Å². The van der Waals surface area contributed by atoms with E-state index in [1.165, 1.54) is 0 Å². The van der Waals surface area contributed by atoms with Crippen molar-refractivity contribution in [3.05, 3.63) is 0 Å². The molecule has 4 atom stereocenters. The van der Waals surface area contributed by atoms with Gasteiger partial charge >= 0.3 is 5.51 Å². The Balaban J connectivity index is 2.14. The largest absolute Gasteiger partial charge is 0.497 e. The lowest BCUT2D eigenvalue weighted by Gasteiger charge is -2.38. The molecule has 17 heavy (non-hydrogen) atoms. The summed E-state index contributed by atoms with van der Waals surface area (Å²) < 4.78 is 52.5. The van der Waals surface area contributed by atoms with Crippen molar-refractivity contribution in [1.82, 2.24) is 0 Å². The van der Waals surface area contributed by atoms with Gasteiger partial charge in [0.25, 0.3) is 11.1 Å². The molecule has 100 valence electrons. The van der Waals surface area contributed by atoms with Crippen LogP contribution in [0.4, 0.5) is 13.2 Å². The zero-order valence-electron chi connectivity index (χ0n) is 10.1. The molecule has 0 N–H and O–H groups in total. The van der Waals surface area contributed by atoms with Gasteiger partial charge < -0.3 is 0 Å². The van der Waals surface area contributed by atoms with Crippen molar-refractivity contribution in [1.29, 1.82) is 0 Å². The first-order valence-corrected chi connectivity index (χ1v) is 6.82. The van der Waals surface area contributed by atoms with Crippen LogP contribution in [-0.4, -0.2) is 15.8 Å². The Morgan fingerprint density at radius 1 is 1.29 bits per heavy atom. The molecular formula is C11H17F3O2S. The van der Waals surface area contributed by atoms with Gasteiger partial charge in [-0.15, -0.1) is 0 Å². The van der Waals surface area contributed by atoms with Gasteiger partial charge in [-0.25, -0.2) is 4.21 Å². The number of halogens is 3. The van der Waals surface area contributed by atoms with Crippen LogP contribution in [0.1, 0.15) is 40.0 Å². The van der Waals surface area contributed by atoms with Crippen molar-refractivity contribution >= 4 is 11.1 Å². The molecule has 2 fully saturated rings. The van der Waals surface area contributed by atoms with Gasteiger partial charge in [0.15, 0.2) is 0 Å². The molecule has 0 aromatic carbocycles. The zero-order chi connectivity index (χ0) is 13.1. The van der Waals surface area contributed by atoms with E-state index in [2.05, 4.69) is 13.8 Å². The monoisotopic (exact) mass is 270 g/mol. The minimum atomic E-state index is -4.78. The maximum atomic E-state index is 12.2. The van der Waals surface area contributed by atoms with Crippen LogP contribution in [-0.2, 0) is 15.3 Å². The van der Waals surface area contributed by atoms with E-state index < -0.39 is 22.7 Å². The van der Waals surface area contributed by atoms with Gasteiger partial charge in [0.1, 0.15) is 0 Å². The lowest BCUT2D eigenvalue weighted by molar-refractivity contribution is -0.0569. The van der Waals surface area contributed by atoms with E-state index in [1.54, 1.807) is 0 Å². The molecule has 2 rings (SSSR count). The third-order valence-electron chi connectivity index (χ3n) is 5.11. The lowest BCUT2D eigenvalue weighted by Crippen LogP contribution is -2.39. The van der Waals surface area contributed by atoms with Crippen LogP contribution in [0.15, 0.2) is 0 Å². The smallest absolute Gasteiger partial charge is 0.280 e. The summed E-state index contributed by atoms with van der Waals surface area (Å²) in [4.78, 5) is 0. The van der Waals surface area contributed by atoms with E-state index in [9.17, 15) is 17.4 Å². The third kappa shape index (κ3) is 1.84. The van der Waals surface area contributed by atoms with Crippen LogP contribution in [0, 0.1) is 16.7 Å². The maximum absolute atomic E-state index is 12.2. The van der Waals surface area contributed by atoms with Gasteiger partial charge in [-0.2, -0.15) is 13.2 Å². The first-order valence-electron chi connectivity index (χ1n) is 5.75. The summed E-state index contributed by atoms with van der Waals surface area (Å²) in [5.41, 5.74) is -5.10. The molecule has 2 aliphatic rings. The van der Waals surface area contributed by atoms with E-state index in [0.717, 1.165) is 12.8 Å². The van der Waals surface area contributed by atoms with Gasteiger partial charge in [0.2, 0.25) is 0 Å². The van der Waals surface area contributed by atoms with Gasteiger partial charge in [-0.05, 0) is 30.6 Å². The molecule has 0 saturated heterocycles. The van der Waals surface area contributed by atoms with Crippen LogP contribution < -0.4 is 0 Å². The topological polar surface area (TPSA) is 26.3 Å². The second-order valence-corrected chi connectivity index (χ2v) is 7.00. The minimum absolute atomic E-state index is 0.0343. The second kappa shape index (κ2) is 3.70. The SMILES string of the molecule is CC1(C)C2CCC1(C)C(OS(=O)C(F)(F)F)C2. The van der Waals surface area contributed by atoms with Crippen molar-refractivity contribution < 1.29 is 21.6 Å². The fourth-order valence-electron chi connectivity index (χ4n) is 3.44. The van der Waals surface area contributed by atoms with Crippen LogP contribution in [0.3, 0.4) is 0 Å². The summed E-state index contributed by atoms with van der Waals surface area (Å²) in [6.07, 6.45) is 1.93. The quantitative estimate of drug-likeness (QED) is 0.768. The first-order chi connectivity index (χ1) is 7.59. The van der Waals surface area contributed by atoms with Crippen molar-refractivity contribution in [3.63, 3.8) is 0 Å². The maximum Gasteiger partial charge on any atom is 0.497 e. The van der Waals surface area contributed by atoms with Gasteiger partial charge in [0, 0.05) is 5.41 Å². The van der Waals surface area contributed by atoms with Crippen molar-refractivity contribution in [2.24, 2.45) is 16.7 Å². The molecule has 2 nitrogen and oxygen atoms in total. The van der Waals surface area contributed by atoms with Crippen LogP contribution in [0.25, 0.3) is 0 Å². The van der Waals surface area contributed by atoms with Crippen molar-refractivity contribution in [3.8, 4) is 0 Å². The molecule has 0 heterocycles. The highest BCUT2D eigenvalue weighted by molar-refractivity contribution is 7.81. The molecule has 0 aliphatic heterocycles. The molecule has 0 spiro atoms. The average Bonchev–Trinajstić information content (AvgIpc) is 2.49. The molecule has 0 amide bonds. The van der Waals surface area contributed by atoms with Crippen LogP contribution in [0.2, 0.25) is 0 Å². The third-order valence-corrected chi connectivity index (χ3v) is 5.89. The van der Waals surface area contributed by atoms with Gasteiger partial charge in [-0.3, -0.25) is 4.18 Å². The van der Waals surface area contributed by atoms with Crippen LogP contribution in [0.5, 0.6) is 0 Å². The number of fused-ring (bicyclic) bond motifs is 2. The molecule has 2 bridgehead atoms. The van der Waals surface area contributed by atoms with E-state index in [0.29, 0.717) is 12.3 Å². The summed E-state index contributed by atoms with van der Waals surface area (Å²) in [6, 6.07) is 0. The Bertz CT molecular complexity index is 353. The molecule has 4 unspecified atom stereocenters. The lowest BCUT2D eigenvalue weighted by atomic mass is 9.70. The number of rotatable bonds is 2. The Kier molecular flexibility index (Phi) is 2.90. The zero-order valence-corrected chi connectivity index (χ0v) is 11.0. The predicted octanol–water partition coefficient (Wildman–Crippen LogP) is 3.40. The van der Waals surface area contributed by atoms with E-state index in [1.807, 2.05) is 6.92 Å². The summed E-state index contributed by atoms with van der Waals surface area (Å²) in [6.45, 7) is 6.10. The minimum Gasteiger partial charge on any atom is -0.280 e. The highest BCUT2D eigenvalue weighted by Gasteiger charge is 2.63. The average molecular weight is 270 g/mol. The number of hydrogen-bond donors (Lipinski definition) is 0. The molecule has 0 radical (unpaired) electrons. The standard InChI is InChI=1S/C11H17F3O2S/c1-9(2)7-4-5-10(9,3)8(6-7)16-17(15)11(12,13)14/h7-8H,4-6H2,1-3H3. The Morgan fingerprint density at radius 2 is 1.88 bits per heavy atom. The molecule has 2 saturated carbocycles. The van der Waals surface area contributed by atoms with Crippen molar-refractivity contribution in [2.75, 3.05) is 0 Å². The Hall–Kier alpha value is -0.100. The molecule has 2 aliphatic carbocycles. The fourth-order valence-corrected chi connectivity index (χ4v) is 4.05. The number of hydrogen-bond acceptors (Lipinski definition) is 2. The summed E-state index contributed by atoms with van der Waals surface area (Å²) in [7, 11) is 0. The Morgan fingerprint density at radius 3 is 2.24 bits per heavy atom. The summed E-state index contributed by atoms with van der Waals surface area (Å²) in [5, 5.41) is 0. The van der Waals surface area contributed by atoms with Gasteiger partial charge in [0.05, 0.1) is 6.10 Å². The predicted molar refractivity (Wildman–Crippen MR) is 58.3 cm³/mol. The number of alkyl halides is 3. The van der Waals surface area contributed by atoms with Crippen LogP contribution >= 0.6 is 0 Å². The van der Waals surface area contributed by atoms with Crippen molar-refractivity contribution in [2.45, 2.75) is 51.6 Å². The Labute approximate surface area is 102 Å². The molecule has 0 aromatic heterocycles. The highest BCUT2D eigenvalue weighted by atomic mass is 32.2. The molecule has 0 aromatic rings. The second-order valence-electron chi connectivity index (χ2n) is 5.88.